The molecule has 27 heavy (non-hydrogen) atoms. The molecule has 2 atom stereocenters. The van der Waals surface area contributed by atoms with Crippen molar-refractivity contribution >= 4 is 17.1 Å². The molecular formula is C21H27N3O3. The van der Waals surface area contributed by atoms with E-state index in [4.69, 9.17) is 4.74 Å². The van der Waals surface area contributed by atoms with Crippen LogP contribution in [0.25, 0.3) is 11.0 Å². The van der Waals surface area contributed by atoms with E-state index in [0.717, 1.165) is 35.9 Å². The van der Waals surface area contributed by atoms with Crippen LogP contribution in [0.2, 0.25) is 0 Å². The Morgan fingerprint density at radius 3 is 2.41 bits per heavy atom. The average molecular weight is 369 g/mol. The summed E-state index contributed by atoms with van der Waals surface area (Å²) in [7, 11) is 0. The number of carbonyl (C=O) groups is 1. The lowest BCUT2D eigenvalue weighted by Gasteiger charge is -2.51. The molecule has 4 rings (SSSR count). The van der Waals surface area contributed by atoms with Crippen LogP contribution in [-0.4, -0.2) is 43.8 Å². The number of rotatable bonds is 1. The number of fused-ring (bicyclic) bond motifs is 3. The third kappa shape index (κ3) is 3.50. The van der Waals surface area contributed by atoms with Crippen LogP contribution in [0.4, 0.5) is 4.79 Å². The summed E-state index contributed by atoms with van der Waals surface area (Å²) in [6, 6.07) is 5.77. The second kappa shape index (κ2) is 6.44. The van der Waals surface area contributed by atoms with Gasteiger partial charge >= 0.3 is 6.09 Å². The van der Waals surface area contributed by atoms with E-state index in [0.29, 0.717) is 12.8 Å². The quantitative estimate of drug-likeness (QED) is 0.828. The molecule has 2 saturated heterocycles. The van der Waals surface area contributed by atoms with Crippen LogP contribution in [0, 0.1) is 0 Å². The highest BCUT2D eigenvalue weighted by atomic mass is 16.6. The number of hydrogen-bond acceptors (Lipinski definition) is 5. The fourth-order valence-corrected chi connectivity index (χ4v) is 4.53. The Morgan fingerprint density at radius 2 is 1.78 bits per heavy atom. The van der Waals surface area contributed by atoms with Gasteiger partial charge < -0.3 is 14.7 Å². The summed E-state index contributed by atoms with van der Waals surface area (Å²) in [6.45, 7) is 5.66. The molecule has 0 aliphatic carbocycles. The van der Waals surface area contributed by atoms with E-state index in [1.807, 2.05) is 43.9 Å². The fraction of sp³-hybridized carbons (Fsp3) is 0.571. The number of nitrogens with zero attached hydrogens (tertiary/aromatic N) is 3. The Hall–Kier alpha value is -2.21. The van der Waals surface area contributed by atoms with Gasteiger partial charge in [0.1, 0.15) is 5.60 Å². The minimum absolute atomic E-state index is 0.00472. The molecule has 3 heterocycles. The summed E-state index contributed by atoms with van der Waals surface area (Å²) >= 11 is 0. The van der Waals surface area contributed by atoms with Gasteiger partial charge in [-0.05, 0) is 57.7 Å². The maximum atomic E-state index is 12.8. The Bertz CT molecular complexity index is 847. The molecule has 144 valence electrons. The number of carbonyl (C=O) groups excluding carboxylic acids is 1. The Kier molecular flexibility index (Phi) is 4.34. The molecule has 1 aromatic heterocycles. The van der Waals surface area contributed by atoms with Crippen molar-refractivity contribution in [2.24, 2.45) is 0 Å². The highest BCUT2D eigenvalue weighted by molar-refractivity contribution is 5.75. The minimum atomic E-state index is -0.958. The van der Waals surface area contributed by atoms with Crippen LogP contribution >= 0.6 is 0 Å². The van der Waals surface area contributed by atoms with E-state index >= 15 is 0 Å². The van der Waals surface area contributed by atoms with Gasteiger partial charge in [-0.15, -0.1) is 0 Å². The Balaban J connectivity index is 1.62. The van der Waals surface area contributed by atoms with Crippen molar-refractivity contribution < 1.29 is 14.6 Å². The molecule has 6 heteroatoms. The van der Waals surface area contributed by atoms with E-state index < -0.39 is 11.2 Å². The molecule has 2 bridgehead atoms. The van der Waals surface area contributed by atoms with Crippen LogP contribution in [-0.2, 0) is 10.3 Å². The number of amides is 1. The first-order chi connectivity index (χ1) is 12.8. The zero-order valence-corrected chi connectivity index (χ0v) is 16.2. The molecule has 1 aromatic carbocycles. The first-order valence-corrected chi connectivity index (χ1v) is 9.70. The van der Waals surface area contributed by atoms with Gasteiger partial charge in [0.15, 0.2) is 0 Å². The first kappa shape index (κ1) is 18.2. The van der Waals surface area contributed by atoms with Crippen molar-refractivity contribution in [3.63, 3.8) is 0 Å². The van der Waals surface area contributed by atoms with Crippen LogP contribution < -0.4 is 0 Å². The van der Waals surface area contributed by atoms with Crippen LogP contribution in [0.3, 0.4) is 0 Å². The van der Waals surface area contributed by atoms with Gasteiger partial charge in [0, 0.05) is 37.3 Å². The van der Waals surface area contributed by atoms with Gasteiger partial charge in [-0.2, -0.15) is 0 Å². The van der Waals surface area contributed by atoms with Crippen molar-refractivity contribution in [3.8, 4) is 0 Å². The molecule has 0 spiro atoms. The molecule has 1 amide bonds. The van der Waals surface area contributed by atoms with Crippen molar-refractivity contribution in [1.29, 1.82) is 0 Å². The largest absolute Gasteiger partial charge is 0.444 e. The molecule has 2 aliphatic heterocycles. The average Bonchev–Trinajstić information content (AvgIpc) is 2.59. The predicted octanol–water partition coefficient (Wildman–Crippen LogP) is 3.77. The highest BCUT2D eigenvalue weighted by Gasteiger charge is 2.49. The fourth-order valence-electron chi connectivity index (χ4n) is 4.53. The lowest BCUT2D eigenvalue weighted by Crippen LogP contribution is -2.59. The third-order valence-electron chi connectivity index (χ3n) is 5.62. The summed E-state index contributed by atoms with van der Waals surface area (Å²) in [4.78, 5) is 23.3. The normalized spacial score (nSPS) is 28.2. The summed E-state index contributed by atoms with van der Waals surface area (Å²) < 4.78 is 5.63. The summed E-state index contributed by atoms with van der Waals surface area (Å²) in [5, 5.41) is 11.5. The maximum Gasteiger partial charge on any atom is 0.410 e. The molecular weight excluding hydrogens is 342 g/mol. The molecule has 2 unspecified atom stereocenters. The number of piperidine rings is 2. The molecule has 0 saturated carbocycles. The molecule has 1 N–H and O–H groups in total. The Morgan fingerprint density at radius 1 is 1.15 bits per heavy atom. The van der Waals surface area contributed by atoms with E-state index in [1.165, 1.54) is 0 Å². The van der Waals surface area contributed by atoms with Gasteiger partial charge in [0.2, 0.25) is 0 Å². The highest BCUT2D eigenvalue weighted by Crippen LogP contribution is 2.45. The minimum Gasteiger partial charge on any atom is -0.444 e. The standard InChI is InChI=1S/C21H27N3O3/c1-20(2,3)27-19(25)24-15-5-4-6-16(24)13-21(26,12-15)14-7-8-17-18(11-14)23-10-9-22-17/h7-11,15-16,26H,4-6,12-13H2,1-3H3. The zero-order valence-electron chi connectivity index (χ0n) is 16.2. The van der Waals surface area contributed by atoms with Gasteiger partial charge in [0.05, 0.1) is 16.6 Å². The predicted molar refractivity (Wildman–Crippen MR) is 102 cm³/mol. The van der Waals surface area contributed by atoms with Crippen molar-refractivity contribution in [3.05, 3.63) is 36.2 Å². The van der Waals surface area contributed by atoms with Gasteiger partial charge in [-0.25, -0.2) is 4.79 Å². The van der Waals surface area contributed by atoms with Crippen LogP contribution in [0.15, 0.2) is 30.6 Å². The SMILES string of the molecule is CC(C)(C)OC(=O)N1C2CCCC1CC(O)(c1ccc3nccnc3c1)C2. The van der Waals surface area contributed by atoms with Gasteiger partial charge in [-0.3, -0.25) is 9.97 Å². The topological polar surface area (TPSA) is 75.5 Å². The van der Waals surface area contributed by atoms with E-state index in [9.17, 15) is 9.90 Å². The third-order valence-corrected chi connectivity index (χ3v) is 5.62. The molecule has 6 nitrogen and oxygen atoms in total. The molecule has 2 fully saturated rings. The molecule has 2 aliphatic rings. The van der Waals surface area contributed by atoms with Crippen molar-refractivity contribution in [1.82, 2.24) is 14.9 Å². The Labute approximate surface area is 159 Å². The number of hydrogen-bond donors (Lipinski definition) is 1. The second-order valence-electron chi connectivity index (χ2n) is 8.83. The van der Waals surface area contributed by atoms with Gasteiger partial charge in [0.25, 0.3) is 0 Å². The first-order valence-electron chi connectivity index (χ1n) is 9.70. The van der Waals surface area contributed by atoms with Crippen molar-refractivity contribution in [2.45, 2.75) is 76.2 Å². The van der Waals surface area contributed by atoms with E-state index in [1.54, 1.807) is 12.4 Å². The maximum absolute atomic E-state index is 12.8. The molecule has 0 radical (unpaired) electrons. The van der Waals surface area contributed by atoms with Crippen molar-refractivity contribution in [2.75, 3.05) is 0 Å². The van der Waals surface area contributed by atoms with E-state index in [-0.39, 0.29) is 18.2 Å². The van der Waals surface area contributed by atoms with Gasteiger partial charge in [-0.1, -0.05) is 6.07 Å². The molecule has 2 aromatic rings. The number of benzene rings is 1. The smallest absolute Gasteiger partial charge is 0.410 e. The van der Waals surface area contributed by atoms with E-state index in [2.05, 4.69) is 9.97 Å². The summed E-state index contributed by atoms with van der Waals surface area (Å²) in [6.07, 6.45) is 6.98. The lowest BCUT2D eigenvalue weighted by molar-refractivity contribution is -0.0964. The van der Waals surface area contributed by atoms with Crippen LogP contribution in [0.5, 0.6) is 0 Å². The number of aromatic nitrogens is 2. The summed E-state index contributed by atoms with van der Waals surface area (Å²) in [5.41, 5.74) is 0.978. The number of aliphatic hydroxyl groups is 1. The number of ether oxygens (including phenoxy) is 1. The second-order valence-corrected chi connectivity index (χ2v) is 8.83. The summed E-state index contributed by atoms with van der Waals surface area (Å²) in [5.74, 6) is 0. The van der Waals surface area contributed by atoms with Crippen LogP contribution in [0.1, 0.15) is 58.4 Å². The monoisotopic (exact) mass is 369 g/mol. The lowest BCUT2D eigenvalue weighted by atomic mass is 9.72. The zero-order chi connectivity index (χ0) is 19.2.